The van der Waals surface area contributed by atoms with E-state index in [4.69, 9.17) is 4.74 Å². The standard InChI is InChI=1S/C25H23N3O2/c1-30-21-6-4-5-17(14-21)18-9-10-20-16-28(12-11-19(20)13-18)25(29)27-24-15-26-23-8-3-2-7-22(23)24/h2-10,13-15,26H,11-12,16H2,1H3,(H,27,29). The second-order valence-electron chi connectivity index (χ2n) is 7.57. The van der Waals surface area contributed by atoms with E-state index in [1.54, 1.807) is 7.11 Å². The molecule has 2 N–H and O–H groups in total. The van der Waals surface area contributed by atoms with E-state index in [0.717, 1.165) is 34.3 Å². The molecular formula is C25H23N3O2. The van der Waals surface area contributed by atoms with Crippen LogP contribution in [0.3, 0.4) is 0 Å². The number of nitrogens with zero attached hydrogens (tertiary/aromatic N) is 1. The molecule has 150 valence electrons. The number of nitrogens with one attached hydrogen (secondary N) is 2. The number of carbonyl (C=O) groups excluding carboxylic acids is 1. The van der Waals surface area contributed by atoms with Crippen LogP contribution >= 0.6 is 0 Å². The van der Waals surface area contributed by atoms with Gasteiger partial charge in [-0.25, -0.2) is 4.79 Å². The number of para-hydroxylation sites is 1. The average molecular weight is 397 g/mol. The molecular weight excluding hydrogens is 374 g/mol. The Morgan fingerprint density at radius 3 is 2.77 bits per heavy atom. The quantitative estimate of drug-likeness (QED) is 0.484. The van der Waals surface area contributed by atoms with Gasteiger partial charge in [0.05, 0.1) is 12.8 Å². The van der Waals surface area contributed by atoms with Crippen LogP contribution in [0.15, 0.2) is 72.9 Å². The van der Waals surface area contributed by atoms with Gasteiger partial charge in [0, 0.05) is 30.2 Å². The third-order valence-electron chi connectivity index (χ3n) is 5.74. The summed E-state index contributed by atoms with van der Waals surface area (Å²) in [5.41, 5.74) is 6.63. The normalized spacial score (nSPS) is 13.2. The number of aromatic nitrogens is 1. The van der Waals surface area contributed by atoms with Crippen LogP contribution in [0.2, 0.25) is 0 Å². The number of hydrogen-bond acceptors (Lipinski definition) is 2. The zero-order valence-corrected chi connectivity index (χ0v) is 16.8. The highest BCUT2D eigenvalue weighted by molar-refractivity contribution is 6.01. The Labute approximate surface area is 175 Å². The number of rotatable bonds is 3. The van der Waals surface area contributed by atoms with Crippen molar-refractivity contribution in [2.45, 2.75) is 13.0 Å². The summed E-state index contributed by atoms with van der Waals surface area (Å²) in [6.07, 6.45) is 2.69. The third kappa shape index (κ3) is 3.39. The first kappa shape index (κ1) is 18.3. The van der Waals surface area contributed by atoms with Crippen LogP contribution in [0, 0.1) is 0 Å². The zero-order valence-electron chi connectivity index (χ0n) is 16.8. The van der Waals surface area contributed by atoms with Crippen LogP contribution < -0.4 is 10.1 Å². The van der Waals surface area contributed by atoms with Crippen molar-refractivity contribution >= 4 is 22.6 Å². The summed E-state index contributed by atoms with van der Waals surface area (Å²) in [4.78, 5) is 17.9. The van der Waals surface area contributed by atoms with Crippen LogP contribution in [0.4, 0.5) is 10.5 Å². The van der Waals surface area contributed by atoms with Gasteiger partial charge in [0.25, 0.3) is 0 Å². The summed E-state index contributed by atoms with van der Waals surface area (Å²) < 4.78 is 5.35. The lowest BCUT2D eigenvalue weighted by molar-refractivity contribution is 0.206. The van der Waals surface area contributed by atoms with Crippen LogP contribution in [0.5, 0.6) is 5.75 Å². The van der Waals surface area contributed by atoms with Crippen molar-refractivity contribution in [3.05, 3.63) is 84.1 Å². The summed E-state index contributed by atoms with van der Waals surface area (Å²) in [5.74, 6) is 0.852. The van der Waals surface area contributed by atoms with Gasteiger partial charge >= 0.3 is 6.03 Å². The Morgan fingerprint density at radius 2 is 1.87 bits per heavy atom. The summed E-state index contributed by atoms with van der Waals surface area (Å²) in [6, 6.07) is 22.5. The summed E-state index contributed by atoms with van der Waals surface area (Å²) in [5, 5.41) is 4.08. The minimum absolute atomic E-state index is 0.0673. The number of carbonyl (C=O) groups is 1. The third-order valence-corrected chi connectivity index (χ3v) is 5.74. The minimum Gasteiger partial charge on any atom is -0.497 e. The Balaban J connectivity index is 1.33. The molecule has 5 nitrogen and oxygen atoms in total. The Hall–Kier alpha value is -3.73. The second kappa shape index (κ2) is 7.59. The number of amides is 2. The number of H-pyrrole nitrogens is 1. The van der Waals surface area contributed by atoms with Crippen molar-refractivity contribution in [1.82, 2.24) is 9.88 Å². The molecule has 0 radical (unpaired) electrons. The monoisotopic (exact) mass is 397 g/mol. The van der Waals surface area contributed by atoms with Gasteiger partial charge in [-0.3, -0.25) is 0 Å². The second-order valence-corrected chi connectivity index (χ2v) is 7.57. The fraction of sp³-hybridized carbons (Fsp3) is 0.160. The molecule has 0 bridgehead atoms. The maximum atomic E-state index is 12.9. The van der Waals surface area contributed by atoms with Crippen LogP contribution in [-0.4, -0.2) is 29.6 Å². The predicted octanol–water partition coefficient (Wildman–Crippen LogP) is 5.43. The van der Waals surface area contributed by atoms with Gasteiger partial charge in [-0.2, -0.15) is 0 Å². The maximum Gasteiger partial charge on any atom is 0.322 e. The smallest absolute Gasteiger partial charge is 0.322 e. The largest absolute Gasteiger partial charge is 0.497 e. The molecule has 1 aliphatic heterocycles. The molecule has 5 rings (SSSR count). The zero-order chi connectivity index (χ0) is 20.5. The molecule has 3 aromatic carbocycles. The van der Waals surface area contributed by atoms with Gasteiger partial charge in [-0.15, -0.1) is 0 Å². The van der Waals surface area contributed by atoms with Crippen molar-refractivity contribution < 1.29 is 9.53 Å². The van der Waals surface area contributed by atoms with Gasteiger partial charge in [0.15, 0.2) is 0 Å². The fourth-order valence-electron chi connectivity index (χ4n) is 4.08. The van der Waals surface area contributed by atoms with E-state index in [1.165, 1.54) is 16.7 Å². The molecule has 0 spiro atoms. The molecule has 2 heterocycles. The van der Waals surface area contributed by atoms with Gasteiger partial charge in [0.2, 0.25) is 0 Å². The summed E-state index contributed by atoms with van der Waals surface area (Å²) >= 11 is 0. The van der Waals surface area contributed by atoms with Crippen molar-refractivity contribution in [2.24, 2.45) is 0 Å². The van der Waals surface area contributed by atoms with Crippen molar-refractivity contribution in [2.75, 3.05) is 19.0 Å². The summed E-state index contributed by atoms with van der Waals surface area (Å²) in [7, 11) is 1.68. The van der Waals surface area contributed by atoms with Crippen molar-refractivity contribution in [1.29, 1.82) is 0 Å². The highest BCUT2D eigenvalue weighted by Gasteiger charge is 2.22. The Kier molecular flexibility index (Phi) is 4.64. The molecule has 1 aliphatic rings. The fourth-order valence-corrected chi connectivity index (χ4v) is 4.08. The first-order chi connectivity index (χ1) is 14.7. The SMILES string of the molecule is COc1cccc(-c2ccc3c(c2)CCN(C(=O)Nc2c[nH]c4ccccc24)C3)c1. The molecule has 0 unspecified atom stereocenters. The van der Waals surface area contributed by atoms with E-state index >= 15 is 0 Å². The first-order valence-corrected chi connectivity index (χ1v) is 10.1. The molecule has 0 atom stereocenters. The summed E-state index contributed by atoms with van der Waals surface area (Å²) in [6.45, 7) is 1.31. The van der Waals surface area contributed by atoms with Crippen molar-refractivity contribution in [3.63, 3.8) is 0 Å². The number of ether oxygens (including phenoxy) is 1. The molecule has 1 aromatic heterocycles. The van der Waals surface area contributed by atoms with E-state index in [-0.39, 0.29) is 6.03 Å². The number of anilines is 1. The van der Waals surface area contributed by atoms with Gasteiger partial charge in [-0.1, -0.05) is 48.5 Å². The molecule has 4 aromatic rings. The number of fused-ring (bicyclic) bond motifs is 2. The highest BCUT2D eigenvalue weighted by Crippen LogP contribution is 2.29. The molecule has 2 amide bonds. The van der Waals surface area contributed by atoms with Gasteiger partial charge in [-0.05, 0) is 46.9 Å². The number of benzene rings is 3. The molecule has 5 heteroatoms. The molecule has 0 saturated heterocycles. The molecule has 30 heavy (non-hydrogen) atoms. The topological polar surface area (TPSA) is 57.4 Å². The highest BCUT2D eigenvalue weighted by atomic mass is 16.5. The van der Waals surface area contributed by atoms with Crippen LogP contribution in [0.25, 0.3) is 22.0 Å². The van der Waals surface area contributed by atoms with E-state index in [0.29, 0.717) is 13.1 Å². The van der Waals surface area contributed by atoms with E-state index in [1.807, 2.05) is 53.6 Å². The Bertz CT molecular complexity index is 1230. The lowest BCUT2D eigenvalue weighted by atomic mass is 9.94. The predicted molar refractivity (Wildman–Crippen MR) is 120 cm³/mol. The van der Waals surface area contributed by atoms with E-state index in [9.17, 15) is 4.79 Å². The lowest BCUT2D eigenvalue weighted by Crippen LogP contribution is -2.38. The number of methoxy groups -OCH3 is 1. The maximum absolute atomic E-state index is 12.9. The number of hydrogen-bond donors (Lipinski definition) is 2. The lowest BCUT2D eigenvalue weighted by Gasteiger charge is -2.29. The number of aromatic amines is 1. The molecule has 0 aliphatic carbocycles. The average Bonchev–Trinajstić information content (AvgIpc) is 3.21. The van der Waals surface area contributed by atoms with E-state index < -0.39 is 0 Å². The minimum atomic E-state index is -0.0673. The van der Waals surface area contributed by atoms with Gasteiger partial charge < -0.3 is 19.9 Å². The van der Waals surface area contributed by atoms with Crippen LogP contribution in [-0.2, 0) is 13.0 Å². The first-order valence-electron chi connectivity index (χ1n) is 10.1. The van der Waals surface area contributed by atoms with Crippen molar-refractivity contribution in [3.8, 4) is 16.9 Å². The molecule has 0 fully saturated rings. The Morgan fingerprint density at radius 1 is 1.00 bits per heavy atom. The van der Waals surface area contributed by atoms with E-state index in [2.05, 4.69) is 34.6 Å². The molecule has 0 saturated carbocycles. The van der Waals surface area contributed by atoms with Crippen LogP contribution in [0.1, 0.15) is 11.1 Å². The van der Waals surface area contributed by atoms with Gasteiger partial charge in [0.1, 0.15) is 5.75 Å². The number of urea groups is 1.